The smallest absolute Gasteiger partial charge is 0.336 e. The molecule has 0 unspecified atom stereocenters. The molecule has 0 aliphatic rings. The molecule has 0 amide bonds. The van der Waals surface area contributed by atoms with E-state index in [0.717, 1.165) is 0 Å². The summed E-state index contributed by atoms with van der Waals surface area (Å²) in [5, 5.41) is 13.3. The third-order valence-corrected chi connectivity index (χ3v) is 2.50. The lowest BCUT2D eigenvalue weighted by molar-refractivity contribution is 0.0698. The summed E-state index contributed by atoms with van der Waals surface area (Å²) >= 11 is 0. The normalized spacial score (nSPS) is 10.9. The SMILES string of the molecule is Cc1nc2onc(C)c2c(C(=O)O)c1C. The molecule has 5 nitrogen and oxygen atoms in total. The van der Waals surface area contributed by atoms with Crippen molar-refractivity contribution in [2.45, 2.75) is 20.8 Å². The lowest BCUT2D eigenvalue weighted by atomic mass is 10.0. The number of rotatable bonds is 1. The maximum Gasteiger partial charge on any atom is 0.336 e. The quantitative estimate of drug-likeness (QED) is 0.770. The molecule has 78 valence electrons. The fourth-order valence-electron chi connectivity index (χ4n) is 1.59. The van der Waals surface area contributed by atoms with Gasteiger partial charge in [-0.1, -0.05) is 5.16 Å². The molecule has 0 saturated carbocycles. The van der Waals surface area contributed by atoms with E-state index >= 15 is 0 Å². The third kappa shape index (κ3) is 1.27. The summed E-state index contributed by atoms with van der Waals surface area (Å²) in [6.07, 6.45) is 0. The first-order valence-corrected chi connectivity index (χ1v) is 4.49. The Balaban J connectivity index is 2.99. The molecule has 0 spiro atoms. The van der Waals surface area contributed by atoms with E-state index in [1.807, 2.05) is 0 Å². The van der Waals surface area contributed by atoms with E-state index < -0.39 is 5.97 Å². The van der Waals surface area contributed by atoms with Crippen LogP contribution in [0, 0.1) is 20.8 Å². The summed E-state index contributed by atoms with van der Waals surface area (Å²) in [6, 6.07) is 0. The van der Waals surface area contributed by atoms with Gasteiger partial charge in [0.25, 0.3) is 5.71 Å². The van der Waals surface area contributed by atoms with Crippen molar-refractivity contribution in [1.29, 1.82) is 0 Å². The maximum absolute atomic E-state index is 11.1. The van der Waals surface area contributed by atoms with Crippen LogP contribution in [-0.2, 0) is 0 Å². The first-order valence-electron chi connectivity index (χ1n) is 4.49. The Morgan fingerprint density at radius 3 is 2.53 bits per heavy atom. The Hall–Kier alpha value is -1.91. The van der Waals surface area contributed by atoms with Gasteiger partial charge in [-0.15, -0.1) is 0 Å². The van der Waals surface area contributed by atoms with Crippen molar-refractivity contribution in [2.24, 2.45) is 0 Å². The average Bonchev–Trinajstić information content (AvgIpc) is 2.49. The number of carboxylic acids is 1. The number of aryl methyl sites for hydroxylation is 2. The molecular weight excluding hydrogens is 196 g/mol. The van der Waals surface area contributed by atoms with Gasteiger partial charge < -0.3 is 9.63 Å². The van der Waals surface area contributed by atoms with E-state index in [1.165, 1.54) is 0 Å². The Kier molecular flexibility index (Phi) is 1.96. The number of hydrogen-bond donors (Lipinski definition) is 1. The van der Waals surface area contributed by atoms with Crippen LogP contribution >= 0.6 is 0 Å². The van der Waals surface area contributed by atoms with Crippen LogP contribution < -0.4 is 0 Å². The molecule has 2 aromatic heterocycles. The molecule has 0 saturated heterocycles. The molecule has 5 heteroatoms. The van der Waals surface area contributed by atoms with Gasteiger partial charge in [0.2, 0.25) is 0 Å². The van der Waals surface area contributed by atoms with Crippen molar-refractivity contribution < 1.29 is 14.4 Å². The number of aromatic carboxylic acids is 1. The predicted molar refractivity (Wildman–Crippen MR) is 53.0 cm³/mol. The second-order valence-electron chi connectivity index (χ2n) is 3.45. The summed E-state index contributed by atoms with van der Waals surface area (Å²) in [7, 11) is 0. The number of pyridine rings is 1. The van der Waals surface area contributed by atoms with Crippen molar-refractivity contribution in [1.82, 2.24) is 10.1 Å². The van der Waals surface area contributed by atoms with Crippen LogP contribution in [0.2, 0.25) is 0 Å². The summed E-state index contributed by atoms with van der Waals surface area (Å²) in [4.78, 5) is 15.3. The lowest BCUT2D eigenvalue weighted by Crippen LogP contribution is -2.04. The molecule has 1 N–H and O–H groups in total. The highest BCUT2D eigenvalue weighted by molar-refractivity contribution is 6.03. The monoisotopic (exact) mass is 206 g/mol. The number of hydrogen-bond acceptors (Lipinski definition) is 4. The Morgan fingerprint density at radius 1 is 1.27 bits per heavy atom. The molecule has 2 heterocycles. The van der Waals surface area contributed by atoms with Gasteiger partial charge >= 0.3 is 5.97 Å². The number of carbonyl (C=O) groups is 1. The van der Waals surface area contributed by atoms with E-state index in [4.69, 9.17) is 9.63 Å². The van der Waals surface area contributed by atoms with Crippen LogP contribution in [0.5, 0.6) is 0 Å². The van der Waals surface area contributed by atoms with Crippen molar-refractivity contribution in [3.05, 3.63) is 22.5 Å². The molecule has 15 heavy (non-hydrogen) atoms. The molecule has 0 aliphatic heterocycles. The lowest BCUT2D eigenvalue weighted by Gasteiger charge is -2.04. The zero-order valence-electron chi connectivity index (χ0n) is 8.66. The minimum atomic E-state index is -0.977. The first kappa shape index (κ1) is 9.64. The summed E-state index contributed by atoms with van der Waals surface area (Å²) in [5.74, 6) is -0.977. The topological polar surface area (TPSA) is 76.2 Å². The van der Waals surface area contributed by atoms with Crippen LogP contribution in [0.4, 0.5) is 0 Å². The van der Waals surface area contributed by atoms with Gasteiger partial charge in [0.1, 0.15) is 0 Å². The van der Waals surface area contributed by atoms with Gasteiger partial charge in [-0.05, 0) is 26.3 Å². The minimum absolute atomic E-state index is 0.233. The zero-order chi connectivity index (χ0) is 11.2. The van der Waals surface area contributed by atoms with E-state index in [1.54, 1.807) is 20.8 Å². The summed E-state index contributed by atoms with van der Waals surface area (Å²) < 4.78 is 4.95. The second kappa shape index (κ2) is 3.05. The van der Waals surface area contributed by atoms with Crippen LogP contribution in [0.1, 0.15) is 27.3 Å². The van der Waals surface area contributed by atoms with E-state index in [2.05, 4.69) is 10.1 Å². The highest BCUT2D eigenvalue weighted by Crippen LogP contribution is 2.25. The Labute approximate surface area is 85.7 Å². The Bertz CT molecular complexity index is 557. The molecule has 0 aromatic carbocycles. The standard InChI is InChI=1S/C10H10N2O3/c1-4-5(2)11-9-8(6(3)12-15-9)7(4)10(13)14/h1-3H3,(H,13,14). The van der Waals surface area contributed by atoms with Crippen molar-refractivity contribution in [3.63, 3.8) is 0 Å². The van der Waals surface area contributed by atoms with Gasteiger partial charge in [-0.25, -0.2) is 9.78 Å². The summed E-state index contributed by atoms with van der Waals surface area (Å²) in [6.45, 7) is 5.19. The second-order valence-corrected chi connectivity index (χ2v) is 3.45. The fraction of sp³-hybridized carbons (Fsp3) is 0.300. The van der Waals surface area contributed by atoms with Gasteiger partial charge in [0.05, 0.1) is 16.6 Å². The number of fused-ring (bicyclic) bond motifs is 1. The van der Waals surface area contributed by atoms with Gasteiger partial charge in [-0.2, -0.15) is 0 Å². The van der Waals surface area contributed by atoms with E-state index in [0.29, 0.717) is 22.3 Å². The largest absolute Gasteiger partial charge is 0.478 e. The van der Waals surface area contributed by atoms with Crippen molar-refractivity contribution >= 4 is 17.1 Å². The molecule has 0 radical (unpaired) electrons. The highest BCUT2D eigenvalue weighted by Gasteiger charge is 2.20. The minimum Gasteiger partial charge on any atom is -0.478 e. The van der Waals surface area contributed by atoms with Crippen LogP contribution in [0.15, 0.2) is 4.52 Å². The number of carboxylic acid groups (broad SMARTS) is 1. The molecule has 0 aliphatic carbocycles. The fourth-order valence-corrected chi connectivity index (χ4v) is 1.59. The van der Waals surface area contributed by atoms with Gasteiger partial charge in [0, 0.05) is 5.69 Å². The number of aromatic nitrogens is 2. The molecule has 2 rings (SSSR count). The Morgan fingerprint density at radius 2 is 1.93 bits per heavy atom. The van der Waals surface area contributed by atoms with E-state index in [9.17, 15) is 4.79 Å². The first-order chi connectivity index (χ1) is 7.02. The number of nitrogens with zero attached hydrogens (tertiary/aromatic N) is 2. The van der Waals surface area contributed by atoms with Gasteiger partial charge in [-0.3, -0.25) is 0 Å². The van der Waals surface area contributed by atoms with Crippen molar-refractivity contribution in [3.8, 4) is 0 Å². The highest BCUT2D eigenvalue weighted by atomic mass is 16.5. The average molecular weight is 206 g/mol. The van der Waals surface area contributed by atoms with Crippen LogP contribution in [0.25, 0.3) is 11.1 Å². The molecule has 0 fully saturated rings. The van der Waals surface area contributed by atoms with E-state index in [-0.39, 0.29) is 11.3 Å². The zero-order valence-corrected chi connectivity index (χ0v) is 8.66. The third-order valence-electron chi connectivity index (χ3n) is 2.50. The summed E-state index contributed by atoms with van der Waals surface area (Å²) in [5.41, 5.74) is 2.37. The van der Waals surface area contributed by atoms with Gasteiger partial charge in [0.15, 0.2) is 0 Å². The molecule has 0 atom stereocenters. The van der Waals surface area contributed by atoms with Crippen LogP contribution in [-0.4, -0.2) is 21.2 Å². The van der Waals surface area contributed by atoms with Crippen LogP contribution in [0.3, 0.4) is 0 Å². The molecule has 0 bridgehead atoms. The van der Waals surface area contributed by atoms with Crippen molar-refractivity contribution in [2.75, 3.05) is 0 Å². The molecule has 2 aromatic rings. The predicted octanol–water partition coefficient (Wildman–Crippen LogP) is 1.85. The maximum atomic E-state index is 11.1. The molecular formula is C10H10N2O3.